The molecule has 6 heteroatoms. The highest BCUT2D eigenvalue weighted by Gasteiger charge is 2.13. The van der Waals surface area contributed by atoms with Crippen LogP contribution in [0.3, 0.4) is 0 Å². The fourth-order valence-electron chi connectivity index (χ4n) is 1.96. The molecule has 0 spiro atoms. The highest BCUT2D eigenvalue weighted by atomic mass is 16.6. The number of unbranched alkanes of at least 4 members (excludes halogenated alkanes) is 1. The van der Waals surface area contributed by atoms with Gasteiger partial charge >= 0.3 is 0 Å². The summed E-state index contributed by atoms with van der Waals surface area (Å²) in [6.07, 6.45) is 5.71. The number of pyridine rings is 1. The van der Waals surface area contributed by atoms with Gasteiger partial charge in [0.25, 0.3) is 5.69 Å². The van der Waals surface area contributed by atoms with Crippen LogP contribution in [0.4, 0.5) is 11.5 Å². The molecule has 1 aromatic heterocycles. The molecule has 0 aliphatic carbocycles. The van der Waals surface area contributed by atoms with E-state index in [1.165, 1.54) is 18.7 Å². The lowest BCUT2D eigenvalue weighted by Crippen LogP contribution is -2.15. The van der Waals surface area contributed by atoms with Crippen molar-refractivity contribution >= 4 is 11.5 Å². The Hall–Kier alpha value is -2.16. The Labute approximate surface area is 119 Å². The summed E-state index contributed by atoms with van der Waals surface area (Å²) in [5.74, 6) is 0.950. The molecule has 20 heavy (non-hydrogen) atoms. The molecule has 108 valence electrons. The SMILES string of the molecule is CCCC[C@H](CC)CNc1ncc([N+](=O)[O-])cc1C#N. The lowest BCUT2D eigenvalue weighted by Gasteiger charge is -2.16. The van der Waals surface area contributed by atoms with E-state index in [1.807, 2.05) is 6.07 Å². The molecule has 1 N–H and O–H groups in total. The molecule has 0 aliphatic heterocycles. The fourth-order valence-corrected chi connectivity index (χ4v) is 1.96. The maximum atomic E-state index is 10.6. The Morgan fingerprint density at radius 3 is 2.85 bits per heavy atom. The average Bonchev–Trinajstić information content (AvgIpc) is 2.47. The Balaban J connectivity index is 2.72. The predicted molar refractivity (Wildman–Crippen MR) is 77.4 cm³/mol. The quantitative estimate of drug-likeness (QED) is 0.579. The van der Waals surface area contributed by atoms with Gasteiger partial charge < -0.3 is 5.32 Å². The topological polar surface area (TPSA) is 91.8 Å². The smallest absolute Gasteiger partial charge is 0.289 e. The third-order valence-corrected chi connectivity index (χ3v) is 3.31. The molecule has 1 heterocycles. The third-order valence-electron chi connectivity index (χ3n) is 3.31. The van der Waals surface area contributed by atoms with E-state index in [2.05, 4.69) is 24.1 Å². The van der Waals surface area contributed by atoms with Crippen molar-refractivity contribution < 1.29 is 4.92 Å². The number of aromatic nitrogens is 1. The molecule has 0 bridgehead atoms. The molecular formula is C14H20N4O2. The Morgan fingerprint density at radius 1 is 1.55 bits per heavy atom. The van der Waals surface area contributed by atoms with Gasteiger partial charge in [0.1, 0.15) is 23.6 Å². The van der Waals surface area contributed by atoms with Crippen molar-refractivity contribution in [3.05, 3.63) is 27.9 Å². The minimum atomic E-state index is -0.548. The molecule has 0 fully saturated rings. The molecule has 0 radical (unpaired) electrons. The van der Waals surface area contributed by atoms with Crippen LogP contribution in [-0.4, -0.2) is 16.5 Å². The van der Waals surface area contributed by atoms with Crippen LogP contribution in [0.5, 0.6) is 0 Å². The number of nitro groups is 1. The molecular weight excluding hydrogens is 256 g/mol. The van der Waals surface area contributed by atoms with Crippen molar-refractivity contribution in [1.82, 2.24) is 4.98 Å². The van der Waals surface area contributed by atoms with E-state index in [-0.39, 0.29) is 11.3 Å². The minimum Gasteiger partial charge on any atom is -0.369 e. The van der Waals surface area contributed by atoms with Crippen LogP contribution in [0.1, 0.15) is 45.1 Å². The number of nitrogens with one attached hydrogen (secondary N) is 1. The van der Waals surface area contributed by atoms with Crippen molar-refractivity contribution in [2.24, 2.45) is 5.92 Å². The monoisotopic (exact) mass is 276 g/mol. The van der Waals surface area contributed by atoms with Crippen molar-refractivity contribution in [3.8, 4) is 6.07 Å². The van der Waals surface area contributed by atoms with Gasteiger partial charge in [0.05, 0.1) is 4.92 Å². The van der Waals surface area contributed by atoms with Gasteiger partial charge in [-0.15, -0.1) is 0 Å². The number of rotatable bonds is 8. The van der Waals surface area contributed by atoms with Crippen LogP contribution < -0.4 is 5.32 Å². The van der Waals surface area contributed by atoms with Crippen LogP contribution in [0.15, 0.2) is 12.3 Å². The maximum absolute atomic E-state index is 10.6. The van der Waals surface area contributed by atoms with E-state index in [0.717, 1.165) is 25.8 Å². The Kier molecular flexibility index (Phi) is 6.44. The van der Waals surface area contributed by atoms with Crippen LogP contribution >= 0.6 is 0 Å². The molecule has 0 unspecified atom stereocenters. The average molecular weight is 276 g/mol. The summed E-state index contributed by atoms with van der Waals surface area (Å²) in [6, 6.07) is 3.20. The second kappa shape index (κ2) is 8.10. The second-order valence-electron chi connectivity index (χ2n) is 4.76. The Morgan fingerprint density at radius 2 is 2.30 bits per heavy atom. The van der Waals surface area contributed by atoms with Gasteiger partial charge in [-0.25, -0.2) is 4.98 Å². The van der Waals surface area contributed by atoms with Crippen molar-refractivity contribution in [2.75, 3.05) is 11.9 Å². The second-order valence-corrected chi connectivity index (χ2v) is 4.76. The fraction of sp³-hybridized carbons (Fsp3) is 0.571. The van der Waals surface area contributed by atoms with Crippen LogP contribution in [-0.2, 0) is 0 Å². The Bertz CT molecular complexity index is 496. The highest BCUT2D eigenvalue weighted by molar-refractivity contribution is 5.55. The van der Waals surface area contributed by atoms with E-state index in [4.69, 9.17) is 5.26 Å². The lowest BCUT2D eigenvalue weighted by molar-refractivity contribution is -0.385. The number of nitriles is 1. The summed E-state index contributed by atoms with van der Waals surface area (Å²) in [5, 5.41) is 22.8. The molecule has 0 amide bonds. The summed E-state index contributed by atoms with van der Waals surface area (Å²) in [6.45, 7) is 5.03. The first-order valence-electron chi connectivity index (χ1n) is 6.90. The van der Waals surface area contributed by atoms with Gasteiger partial charge in [-0.3, -0.25) is 10.1 Å². The van der Waals surface area contributed by atoms with Gasteiger partial charge in [0.2, 0.25) is 0 Å². The summed E-state index contributed by atoms with van der Waals surface area (Å²) >= 11 is 0. The zero-order valence-electron chi connectivity index (χ0n) is 11.9. The first-order valence-corrected chi connectivity index (χ1v) is 6.90. The first kappa shape index (κ1) is 15.9. The normalized spacial score (nSPS) is 11.7. The molecule has 0 aromatic carbocycles. The number of hydrogen-bond acceptors (Lipinski definition) is 5. The van der Waals surface area contributed by atoms with Gasteiger partial charge in [0, 0.05) is 12.6 Å². The minimum absolute atomic E-state index is 0.162. The maximum Gasteiger partial charge on any atom is 0.289 e. The first-order chi connectivity index (χ1) is 9.62. The molecule has 1 aromatic rings. The summed E-state index contributed by atoms with van der Waals surface area (Å²) < 4.78 is 0. The molecule has 0 aliphatic rings. The van der Waals surface area contributed by atoms with Crippen molar-refractivity contribution in [3.63, 3.8) is 0 Å². The van der Waals surface area contributed by atoms with Gasteiger partial charge in [0.15, 0.2) is 0 Å². The van der Waals surface area contributed by atoms with E-state index in [0.29, 0.717) is 11.7 Å². The van der Waals surface area contributed by atoms with E-state index in [9.17, 15) is 10.1 Å². The van der Waals surface area contributed by atoms with Gasteiger partial charge in [-0.2, -0.15) is 5.26 Å². The molecule has 1 rings (SSSR count). The lowest BCUT2D eigenvalue weighted by atomic mass is 9.99. The van der Waals surface area contributed by atoms with Crippen LogP contribution in [0.2, 0.25) is 0 Å². The predicted octanol–water partition coefficient (Wildman–Crippen LogP) is 3.49. The molecule has 0 saturated heterocycles. The summed E-state index contributed by atoms with van der Waals surface area (Å²) in [4.78, 5) is 14.1. The van der Waals surface area contributed by atoms with E-state index < -0.39 is 4.92 Å². The zero-order valence-corrected chi connectivity index (χ0v) is 11.9. The number of hydrogen-bond donors (Lipinski definition) is 1. The van der Waals surface area contributed by atoms with Crippen LogP contribution in [0, 0.1) is 27.4 Å². The third kappa shape index (κ3) is 4.50. The highest BCUT2D eigenvalue weighted by Crippen LogP contribution is 2.20. The molecule has 0 saturated carbocycles. The van der Waals surface area contributed by atoms with Crippen molar-refractivity contribution in [1.29, 1.82) is 5.26 Å². The van der Waals surface area contributed by atoms with Gasteiger partial charge in [-0.05, 0) is 12.3 Å². The summed E-state index contributed by atoms with van der Waals surface area (Å²) in [5.41, 5.74) is 0.0506. The standard InChI is InChI=1S/C14H20N4O2/c1-3-5-6-11(4-2)9-16-14-12(8-15)7-13(10-17-14)18(19)20/h7,10-11H,3-6,9H2,1-2H3,(H,16,17)/t11-/m0/s1. The van der Waals surface area contributed by atoms with E-state index >= 15 is 0 Å². The van der Waals surface area contributed by atoms with Gasteiger partial charge in [-0.1, -0.05) is 33.1 Å². The van der Waals surface area contributed by atoms with Crippen LogP contribution in [0.25, 0.3) is 0 Å². The van der Waals surface area contributed by atoms with Crippen molar-refractivity contribution in [2.45, 2.75) is 39.5 Å². The van der Waals surface area contributed by atoms with E-state index in [1.54, 1.807) is 0 Å². The zero-order chi connectivity index (χ0) is 15.0. The number of anilines is 1. The molecule has 6 nitrogen and oxygen atoms in total. The summed E-state index contributed by atoms with van der Waals surface area (Å²) in [7, 11) is 0. The molecule has 1 atom stereocenters. The number of nitrogens with zero attached hydrogens (tertiary/aromatic N) is 3. The largest absolute Gasteiger partial charge is 0.369 e.